The van der Waals surface area contributed by atoms with Gasteiger partial charge in [0.15, 0.2) is 0 Å². The largest absolute Gasteiger partial charge is 0.697 e. The van der Waals surface area contributed by atoms with Gasteiger partial charge < -0.3 is 0 Å². The van der Waals surface area contributed by atoms with E-state index in [1.54, 1.807) is 0 Å². The van der Waals surface area contributed by atoms with Gasteiger partial charge in [0.05, 0.1) is 0 Å². The first kappa shape index (κ1) is 39.5. The fraction of sp³-hybridized carbons (Fsp3) is 0.889. The highest BCUT2D eigenvalue weighted by Gasteiger charge is 2.18. The third-order valence-corrected chi connectivity index (χ3v) is 8.49. The Kier molecular flexibility index (Phi) is 36.1. The van der Waals surface area contributed by atoms with E-state index in [2.05, 4.69) is 38.2 Å². The molecule has 0 amide bonds. The minimum absolute atomic E-state index is 0.559. The van der Waals surface area contributed by atoms with Crippen molar-refractivity contribution in [3.8, 4) is 0 Å². The van der Waals surface area contributed by atoms with Gasteiger partial charge in [-0.3, -0.25) is 0 Å². The maximum atomic E-state index is 11.9. The van der Waals surface area contributed by atoms with Crippen LogP contribution in [0.2, 0.25) is 0 Å². The standard InChI is InChI=1S/C36H70O3P/c1-3-5-7-9-11-13-15-17-19-21-23-25-27-29-31-33-35-38-40(37)39-36-34-32-30-28-26-24-22-20-18-16-14-12-10-8-6-4-2/h17-20H,3-16,21-36H2,1-2H3/q+1. The van der Waals surface area contributed by atoms with E-state index in [1.165, 1.54) is 154 Å². The predicted molar refractivity (Wildman–Crippen MR) is 178 cm³/mol. The minimum Gasteiger partial charge on any atom is -0.119 e. The highest BCUT2D eigenvalue weighted by molar-refractivity contribution is 7.33. The van der Waals surface area contributed by atoms with E-state index < -0.39 is 8.25 Å². The molecule has 0 spiro atoms. The number of unbranched alkanes of at least 4 members (excludes halogenated alkanes) is 24. The van der Waals surface area contributed by atoms with Crippen LogP contribution in [0, 0.1) is 0 Å². The Morgan fingerprint density at radius 2 is 0.625 bits per heavy atom. The maximum absolute atomic E-state index is 11.9. The summed E-state index contributed by atoms with van der Waals surface area (Å²) in [6.45, 7) is 5.67. The van der Waals surface area contributed by atoms with Crippen LogP contribution < -0.4 is 0 Å². The van der Waals surface area contributed by atoms with Crippen LogP contribution >= 0.6 is 8.25 Å². The van der Waals surface area contributed by atoms with Crippen molar-refractivity contribution in [2.24, 2.45) is 0 Å². The molecule has 0 heterocycles. The van der Waals surface area contributed by atoms with E-state index in [1.807, 2.05) is 0 Å². The highest BCUT2D eigenvalue weighted by Crippen LogP contribution is 2.25. The van der Waals surface area contributed by atoms with Gasteiger partial charge >= 0.3 is 8.25 Å². The highest BCUT2D eigenvalue weighted by atomic mass is 31.1. The Hall–Kier alpha value is -0.500. The van der Waals surface area contributed by atoms with Gasteiger partial charge in [0.1, 0.15) is 13.2 Å². The quantitative estimate of drug-likeness (QED) is 0.0431. The molecule has 0 rings (SSSR count). The second kappa shape index (κ2) is 36.5. The van der Waals surface area contributed by atoms with Gasteiger partial charge in [0.2, 0.25) is 0 Å². The summed E-state index contributed by atoms with van der Waals surface area (Å²) in [7, 11) is -1.93. The van der Waals surface area contributed by atoms with Crippen LogP contribution in [0.5, 0.6) is 0 Å². The fourth-order valence-electron chi connectivity index (χ4n) is 5.01. The van der Waals surface area contributed by atoms with Crippen molar-refractivity contribution in [2.45, 2.75) is 194 Å². The van der Waals surface area contributed by atoms with E-state index in [4.69, 9.17) is 9.05 Å². The summed E-state index contributed by atoms with van der Waals surface area (Å²) in [4.78, 5) is 0. The zero-order valence-corrected chi connectivity index (χ0v) is 28.1. The fourth-order valence-corrected chi connectivity index (χ4v) is 5.65. The van der Waals surface area contributed by atoms with Gasteiger partial charge in [0.25, 0.3) is 0 Å². The van der Waals surface area contributed by atoms with Gasteiger partial charge in [-0.2, -0.15) is 0 Å². The van der Waals surface area contributed by atoms with E-state index in [0.717, 1.165) is 25.7 Å². The molecule has 0 aromatic carbocycles. The first-order valence-corrected chi connectivity index (χ1v) is 18.9. The number of allylic oxidation sites excluding steroid dienone is 4. The topological polar surface area (TPSA) is 35.5 Å². The molecule has 0 aliphatic rings. The Balaban J connectivity index is 3.22. The van der Waals surface area contributed by atoms with E-state index >= 15 is 0 Å². The van der Waals surface area contributed by atoms with Gasteiger partial charge in [-0.15, -0.1) is 9.05 Å². The van der Waals surface area contributed by atoms with Gasteiger partial charge in [-0.25, -0.2) is 0 Å². The van der Waals surface area contributed by atoms with Crippen LogP contribution in [0.1, 0.15) is 194 Å². The van der Waals surface area contributed by atoms with E-state index in [0.29, 0.717) is 13.2 Å². The van der Waals surface area contributed by atoms with E-state index in [9.17, 15) is 4.57 Å². The third-order valence-electron chi connectivity index (χ3n) is 7.71. The lowest BCUT2D eigenvalue weighted by atomic mass is 10.1. The molecule has 0 saturated heterocycles. The first-order valence-electron chi connectivity index (χ1n) is 17.8. The van der Waals surface area contributed by atoms with Crippen LogP contribution in [-0.4, -0.2) is 13.2 Å². The molecule has 0 fully saturated rings. The molecule has 0 atom stereocenters. The predicted octanol–water partition coefficient (Wildman–Crippen LogP) is 13.8. The van der Waals surface area contributed by atoms with Crippen molar-refractivity contribution in [3.63, 3.8) is 0 Å². The first-order chi connectivity index (χ1) is 19.8. The lowest BCUT2D eigenvalue weighted by Crippen LogP contribution is -1.92. The Morgan fingerprint density at radius 3 is 0.925 bits per heavy atom. The molecule has 0 aliphatic carbocycles. The number of hydrogen-bond acceptors (Lipinski definition) is 3. The Labute approximate surface area is 252 Å². The molecule has 0 bridgehead atoms. The van der Waals surface area contributed by atoms with Crippen molar-refractivity contribution in [1.29, 1.82) is 0 Å². The van der Waals surface area contributed by atoms with Gasteiger partial charge in [-0.1, -0.05) is 154 Å². The summed E-state index contributed by atoms with van der Waals surface area (Å²) in [6.07, 6.45) is 45.8. The molecule has 0 unspecified atom stereocenters. The second-order valence-electron chi connectivity index (χ2n) is 11.8. The molecule has 40 heavy (non-hydrogen) atoms. The van der Waals surface area contributed by atoms with Crippen molar-refractivity contribution >= 4 is 8.25 Å². The second-order valence-corrected chi connectivity index (χ2v) is 12.7. The molecule has 0 aliphatic heterocycles. The molecule has 0 aromatic rings. The smallest absolute Gasteiger partial charge is 0.119 e. The molecule has 0 aromatic heterocycles. The molecular formula is C36H70O3P+. The average molecular weight is 582 g/mol. The lowest BCUT2D eigenvalue weighted by molar-refractivity contribution is 0.218. The SMILES string of the molecule is CCCCCCCCC=CCCCCCCCCO[P+](=O)OCCCCCCCCC=CCCCCCCCC. The minimum atomic E-state index is -1.93. The molecule has 4 heteroatoms. The molecule has 0 saturated carbocycles. The van der Waals surface area contributed by atoms with Crippen LogP contribution in [0.15, 0.2) is 24.3 Å². The summed E-state index contributed by atoms with van der Waals surface area (Å²) in [5.74, 6) is 0. The Morgan fingerprint density at radius 1 is 0.375 bits per heavy atom. The van der Waals surface area contributed by atoms with Crippen molar-refractivity contribution < 1.29 is 13.6 Å². The molecule has 236 valence electrons. The number of hydrogen-bond donors (Lipinski definition) is 0. The van der Waals surface area contributed by atoms with Crippen molar-refractivity contribution in [3.05, 3.63) is 24.3 Å². The zero-order chi connectivity index (χ0) is 29.0. The van der Waals surface area contributed by atoms with Gasteiger partial charge in [-0.05, 0) is 64.2 Å². The summed E-state index contributed by atoms with van der Waals surface area (Å²) in [5.41, 5.74) is 0. The van der Waals surface area contributed by atoms with Crippen molar-refractivity contribution in [2.75, 3.05) is 13.2 Å². The van der Waals surface area contributed by atoms with Crippen LogP contribution in [0.25, 0.3) is 0 Å². The van der Waals surface area contributed by atoms with Gasteiger partial charge in [0, 0.05) is 4.57 Å². The molecule has 0 N–H and O–H groups in total. The maximum Gasteiger partial charge on any atom is 0.697 e. The van der Waals surface area contributed by atoms with Crippen LogP contribution in [0.4, 0.5) is 0 Å². The summed E-state index contributed by atoms with van der Waals surface area (Å²) < 4.78 is 22.6. The molecule has 3 nitrogen and oxygen atoms in total. The molecular weight excluding hydrogens is 511 g/mol. The lowest BCUT2D eigenvalue weighted by Gasteiger charge is -2.00. The summed E-state index contributed by atoms with van der Waals surface area (Å²) in [6, 6.07) is 0. The number of rotatable bonds is 34. The average Bonchev–Trinajstić information content (AvgIpc) is 2.96. The molecule has 0 radical (unpaired) electrons. The Bertz CT molecular complexity index is 500. The van der Waals surface area contributed by atoms with Crippen LogP contribution in [-0.2, 0) is 13.6 Å². The summed E-state index contributed by atoms with van der Waals surface area (Å²) in [5, 5.41) is 0. The summed E-state index contributed by atoms with van der Waals surface area (Å²) >= 11 is 0. The van der Waals surface area contributed by atoms with Crippen molar-refractivity contribution in [1.82, 2.24) is 0 Å². The van der Waals surface area contributed by atoms with Crippen LogP contribution in [0.3, 0.4) is 0 Å². The monoisotopic (exact) mass is 582 g/mol. The zero-order valence-electron chi connectivity index (χ0n) is 27.2. The third kappa shape index (κ3) is 35.5. The normalized spacial score (nSPS) is 12.3. The van der Waals surface area contributed by atoms with E-state index in [-0.39, 0.29) is 0 Å².